The van der Waals surface area contributed by atoms with E-state index in [2.05, 4.69) is 10.1 Å². The Balaban J connectivity index is 1.50. The van der Waals surface area contributed by atoms with Gasteiger partial charge in [-0.3, -0.25) is 9.36 Å². The van der Waals surface area contributed by atoms with E-state index >= 15 is 0 Å². The minimum absolute atomic E-state index is 0.0217. The van der Waals surface area contributed by atoms with E-state index in [-0.39, 0.29) is 49.1 Å². The van der Waals surface area contributed by atoms with Gasteiger partial charge < -0.3 is 20.5 Å². The number of halogens is 3. The van der Waals surface area contributed by atoms with Gasteiger partial charge in [0.1, 0.15) is 23.4 Å². The van der Waals surface area contributed by atoms with Gasteiger partial charge in [-0.25, -0.2) is 14.5 Å². The Morgan fingerprint density at radius 1 is 1.19 bits per heavy atom. The molecule has 37 heavy (non-hydrogen) atoms. The largest absolute Gasteiger partial charge is 0.444 e. The van der Waals surface area contributed by atoms with E-state index in [1.165, 1.54) is 50.9 Å². The number of amides is 1. The van der Waals surface area contributed by atoms with Crippen molar-refractivity contribution in [3.05, 3.63) is 52.7 Å². The molecule has 2 aromatic heterocycles. The minimum Gasteiger partial charge on any atom is -0.444 e. The molecule has 3 heterocycles. The smallest absolute Gasteiger partial charge is 0.410 e. The van der Waals surface area contributed by atoms with Gasteiger partial charge in [-0.1, -0.05) is 12.1 Å². The molecule has 4 rings (SSSR count). The lowest BCUT2D eigenvalue weighted by atomic mass is 9.91. The molecule has 1 unspecified atom stereocenters. The lowest BCUT2D eigenvalue weighted by molar-refractivity contribution is -0.149. The molecule has 0 aliphatic carbocycles. The molecule has 1 aromatic carbocycles. The molecule has 3 aromatic rings. The second kappa shape index (κ2) is 9.45. The first-order chi connectivity index (χ1) is 17.2. The number of nitrogens with two attached hydrogens (primary N) is 1. The van der Waals surface area contributed by atoms with Crippen molar-refractivity contribution in [3.8, 4) is 5.69 Å². The quantitative estimate of drug-likeness (QED) is 0.539. The number of carbonyl (C=O) groups excluding carboxylic acids is 1. The Hall–Kier alpha value is -3.45. The van der Waals surface area contributed by atoms with Crippen molar-refractivity contribution in [1.29, 1.82) is 0 Å². The summed E-state index contributed by atoms with van der Waals surface area (Å²) in [6.07, 6.45) is -1.88. The fraction of sp³-hybridized carbons (Fsp3) is 0.500. The van der Waals surface area contributed by atoms with Gasteiger partial charge in [0.25, 0.3) is 5.56 Å². The maximum Gasteiger partial charge on any atom is 0.410 e. The highest BCUT2D eigenvalue weighted by atomic mass is 19.4. The van der Waals surface area contributed by atoms with Gasteiger partial charge in [-0.15, -0.1) is 0 Å². The van der Waals surface area contributed by atoms with E-state index in [4.69, 9.17) is 10.5 Å². The van der Waals surface area contributed by atoms with Gasteiger partial charge in [0.2, 0.25) is 0 Å². The highest BCUT2D eigenvalue weighted by molar-refractivity contribution is 5.75. The van der Waals surface area contributed by atoms with Crippen LogP contribution in [0, 0.1) is 0 Å². The van der Waals surface area contributed by atoms with Crippen LogP contribution in [-0.4, -0.2) is 65.9 Å². The van der Waals surface area contributed by atoms with E-state index in [0.29, 0.717) is 5.69 Å². The molecule has 1 aliphatic rings. The van der Waals surface area contributed by atoms with Crippen LogP contribution in [-0.2, 0) is 11.3 Å². The number of carbonyl (C=O) groups is 1. The lowest BCUT2D eigenvalue weighted by Crippen LogP contribution is -2.50. The van der Waals surface area contributed by atoms with Gasteiger partial charge in [-0.2, -0.15) is 18.3 Å². The number of alkyl halides is 3. The number of benzene rings is 1. The number of nitrogens with zero attached hydrogens (tertiary/aromatic N) is 5. The Kier molecular flexibility index (Phi) is 6.80. The van der Waals surface area contributed by atoms with Crippen LogP contribution in [0.5, 0.6) is 0 Å². The van der Waals surface area contributed by atoms with E-state index in [1.54, 1.807) is 20.8 Å². The van der Waals surface area contributed by atoms with Crippen molar-refractivity contribution >= 4 is 17.1 Å². The number of ether oxygens (including phenoxy) is 1. The first-order valence-electron chi connectivity index (χ1n) is 11.7. The molecule has 0 bridgehead atoms. The third-order valence-corrected chi connectivity index (χ3v) is 6.21. The fourth-order valence-electron chi connectivity index (χ4n) is 4.17. The zero-order valence-electron chi connectivity index (χ0n) is 20.7. The number of likely N-dealkylation sites (tertiary alicyclic amines) is 1. The second-order valence-electron chi connectivity index (χ2n) is 10.3. The molecular formula is C24H29F3N6O4. The SMILES string of the molecule is CC(C)(C)OC(=O)N1CCC(O)(Cn2cnc3c(cnn3-c3ccc(C(N)C(F)(F)F)cc3)c2=O)CC1. The second-order valence-corrected chi connectivity index (χ2v) is 10.3. The molecule has 10 nitrogen and oxygen atoms in total. The average Bonchev–Trinajstić information content (AvgIpc) is 3.24. The minimum atomic E-state index is -4.57. The van der Waals surface area contributed by atoms with Gasteiger partial charge in [-0.05, 0) is 51.3 Å². The topological polar surface area (TPSA) is 128 Å². The van der Waals surface area contributed by atoms with Gasteiger partial charge >= 0.3 is 12.3 Å². The standard InChI is InChI=1S/C24H29F3N6O4/c1-22(2,3)37-21(35)31-10-8-23(36,9-11-31)13-32-14-29-19-17(20(32)34)12-30-33(19)16-6-4-15(5-7-16)18(28)24(25,26)27/h4-7,12,14,18,36H,8-11,13,28H2,1-3H3. The van der Waals surface area contributed by atoms with E-state index in [1.807, 2.05) is 0 Å². The molecule has 1 saturated heterocycles. The summed E-state index contributed by atoms with van der Waals surface area (Å²) in [4.78, 5) is 31.2. The molecule has 13 heteroatoms. The Morgan fingerprint density at radius 3 is 2.38 bits per heavy atom. The van der Waals surface area contributed by atoms with Crippen LogP contribution in [0.3, 0.4) is 0 Å². The highest BCUT2D eigenvalue weighted by Gasteiger charge is 2.38. The average molecular weight is 523 g/mol. The van der Waals surface area contributed by atoms with Crippen LogP contribution in [0.25, 0.3) is 16.7 Å². The molecule has 0 radical (unpaired) electrons. The molecule has 1 atom stereocenters. The third kappa shape index (κ3) is 5.77. The number of rotatable bonds is 4. The fourth-order valence-corrected chi connectivity index (χ4v) is 4.17. The van der Waals surface area contributed by atoms with Crippen molar-refractivity contribution in [2.45, 2.75) is 63.6 Å². The number of aromatic nitrogens is 4. The van der Waals surface area contributed by atoms with E-state index < -0.39 is 35.1 Å². The molecule has 0 saturated carbocycles. The summed E-state index contributed by atoms with van der Waals surface area (Å²) in [5.74, 6) is 0. The van der Waals surface area contributed by atoms with Crippen LogP contribution in [0.4, 0.5) is 18.0 Å². The first kappa shape index (κ1) is 26.6. The summed E-state index contributed by atoms with van der Waals surface area (Å²) in [6.45, 7) is 5.87. The van der Waals surface area contributed by atoms with Crippen molar-refractivity contribution in [2.75, 3.05) is 13.1 Å². The highest BCUT2D eigenvalue weighted by Crippen LogP contribution is 2.31. The zero-order valence-corrected chi connectivity index (χ0v) is 20.7. The molecule has 3 N–H and O–H groups in total. The number of hydrogen-bond donors (Lipinski definition) is 2. The summed E-state index contributed by atoms with van der Waals surface area (Å²) >= 11 is 0. The summed E-state index contributed by atoms with van der Waals surface area (Å²) in [5, 5.41) is 15.5. The predicted octanol–water partition coefficient (Wildman–Crippen LogP) is 2.91. The summed E-state index contributed by atoms with van der Waals surface area (Å²) < 4.78 is 46.7. The van der Waals surface area contributed by atoms with Crippen molar-refractivity contribution in [3.63, 3.8) is 0 Å². The summed E-state index contributed by atoms with van der Waals surface area (Å²) in [5.41, 5.74) is 3.51. The van der Waals surface area contributed by atoms with Crippen LogP contribution in [0.1, 0.15) is 45.2 Å². The van der Waals surface area contributed by atoms with Crippen molar-refractivity contribution in [1.82, 2.24) is 24.2 Å². The van der Waals surface area contributed by atoms with Crippen molar-refractivity contribution < 1.29 is 27.8 Å². The number of aliphatic hydroxyl groups is 1. The third-order valence-electron chi connectivity index (χ3n) is 6.21. The number of hydrogen-bond acceptors (Lipinski definition) is 7. The zero-order chi connectivity index (χ0) is 27.2. The Morgan fingerprint density at radius 2 is 1.81 bits per heavy atom. The normalized spacial score (nSPS) is 17.1. The molecular weight excluding hydrogens is 493 g/mol. The van der Waals surface area contributed by atoms with Crippen LogP contribution < -0.4 is 11.3 Å². The Labute approximate surface area is 210 Å². The van der Waals surface area contributed by atoms with Crippen LogP contribution in [0.2, 0.25) is 0 Å². The van der Waals surface area contributed by atoms with Crippen molar-refractivity contribution in [2.24, 2.45) is 5.73 Å². The Bertz CT molecular complexity index is 1340. The molecule has 1 amide bonds. The van der Waals surface area contributed by atoms with Gasteiger partial charge in [0.05, 0.1) is 24.0 Å². The maximum atomic E-state index is 13.1. The number of fused-ring (bicyclic) bond motifs is 1. The monoisotopic (exact) mass is 522 g/mol. The molecule has 1 fully saturated rings. The van der Waals surface area contributed by atoms with Crippen LogP contribution >= 0.6 is 0 Å². The van der Waals surface area contributed by atoms with Gasteiger partial charge in [0, 0.05) is 13.1 Å². The van der Waals surface area contributed by atoms with Crippen LogP contribution in [0.15, 0.2) is 41.6 Å². The lowest BCUT2D eigenvalue weighted by Gasteiger charge is -2.38. The maximum absolute atomic E-state index is 13.1. The summed E-state index contributed by atoms with van der Waals surface area (Å²) in [7, 11) is 0. The van der Waals surface area contributed by atoms with Gasteiger partial charge in [0.15, 0.2) is 5.65 Å². The first-order valence-corrected chi connectivity index (χ1v) is 11.7. The number of piperidine rings is 1. The summed E-state index contributed by atoms with van der Waals surface area (Å²) in [6, 6.07) is 3.23. The molecule has 0 spiro atoms. The predicted molar refractivity (Wildman–Crippen MR) is 128 cm³/mol. The molecule has 200 valence electrons. The molecule has 1 aliphatic heterocycles. The van der Waals surface area contributed by atoms with E-state index in [0.717, 1.165) is 0 Å². The van der Waals surface area contributed by atoms with E-state index in [9.17, 15) is 27.9 Å².